The Kier molecular flexibility index (Phi) is 11.2. The quantitative estimate of drug-likeness (QED) is 0.249. The highest BCUT2D eigenvalue weighted by molar-refractivity contribution is 5.38. The molecule has 1 fully saturated rings. The number of hydrogen-bond donors (Lipinski definition) is 0. The summed E-state index contributed by atoms with van der Waals surface area (Å²) in [6.07, 6.45) is 18.1. The van der Waals surface area contributed by atoms with E-state index in [0.29, 0.717) is 11.8 Å². The van der Waals surface area contributed by atoms with Crippen molar-refractivity contribution in [3.05, 3.63) is 77.4 Å². The zero-order valence-electron chi connectivity index (χ0n) is 20.8. The van der Waals surface area contributed by atoms with Gasteiger partial charge in [-0.2, -0.15) is 0 Å². The summed E-state index contributed by atoms with van der Waals surface area (Å²) in [7, 11) is 0. The second kappa shape index (κ2) is 14.6. The van der Waals surface area contributed by atoms with E-state index in [-0.39, 0.29) is 0 Å². The standard InChI is InChI=1S/C32H42O/c1-3-5-7-11-27-14-16-28(17-15-27)12-8-9-13-29-18-20-30(21-19-29)31-22-24-32(25-23-31)33-26-10-6-4-2/h9,13-17,22-25,29-30H,3-7,10-11,18-21,26H2,1-2H3/b13-9+/t29-,30-. The first kappa shape index (κ1) is 25.2. The van der Waals surface area contributed by atoms with Gasteiger partial charge in [-0.1, -0.05) is 81.7 Å². The van der Waals surface area contributed by atoms with Crippen LogP contribution in [-0.2, 0) is 6.42 Å². The molecule has 0 heterocycles. The molecule has 1 heteroatoms. The highest BCUT2D eigenvalue weighted by Gasteiger charge is 2.20. The Morgan fingerprint density at radius 3 is 2.21 bits per heavy atom. The normalized spacial score (nSPS) is 18.1. The fraction of sp³-hybridized carbons (Fsp3) is 0.500. The summed E-state index contributed by atoms with van der Waals surface area (Å²) in [5, 5.41) is 0. The average Bonchev–Trinajstić information content (AvgIpc) is 2.86. The average molecular weight is 443 g/mol. The molecule has 176 valence electrons. The molecule has 1 saturated carbocycles. The molecule has 0 N–H and O–H groups in total. The van der Waals surface area contributed by atoms with Crippen molar-refractivity contribution in [3.8, 4) is 17.6 Å². The first-order valence-electron chi connectivity index (χ1n) is 13.3. The third-order valence-corrected chi connectivity index (χ3v) is 6.83. The fourth-order valence-corrected chi connectivity index (χ4v) is 4.67. The van der Waals surface area contributed by atoms with Gasteiger partial charge in [-0.15, -0.1) is 0 Å². The van der Waals surface area contributed by atoms with E-state index in [1.165, 1.54) is 75.3 Å². The minimum absolute atomic E-state index is 0.665. The van der Waals surface area contributed by atoms with E-state index in [0.717, 1.165) is 24.3 Å². The molecule has 1 aliphatic rings. The van der Waals surface area contributed by atoms with Gasteiger partial charge < -0.3 is 4.74 Å². The molecule has 0 amide bonds. The molecule has 1 nitrogen and oxygen atoms in total. The third-order valence-electron chi connectivity index (χ3n) is 6.83. The van der Waals surface area contributed by atoms with E-state index >= 15 is 0 Å². The molecule has 0 atom stereocenters. The lowest BCUT2D eigenvalue weighted by molar-refractivity contribution is 0.306. The van der Waals surface area contributed by atoms with Crippen LogP contribution in [0.5, 0.6) is 5.75 Å². The van der Waals surface area contributed by atoms with Gasteiger partial charge in [0.15, 0.2) is 0 Å². The lowest BCUT2D eigenvalue weighted by atomic mass is 9.78. The van der Waals surface area contributed by atoms with Crippen LogP contribution < -0.4 is 4.74 Å². The van der Waals surface area contributed by atoms with Crippen molar-refractivity contribution < 1.29 is 4.74 Å². The van der Waals surface area contributed by atoms with Crippen molar-refractivity contribution in [2.45, 2.75) is 90.4 Å². The third kappa shape index (κ3) is 9.13. The largest absolute Gasteiger partial charge is 0.494 e. The van der Waals surface area contributed by atoms with E-state index in [9.17, 15) is 0 Å². The number of unbranched alkanes of at least 4 members (excludes halogenated alkanes) is 4. The number of hydrogen-bond acceptors (Lipinski definition) is 1. The van der Waals surface area contributed by atoms with E-state index < -0.39 is 0 Å². The van der Waals surface area contributed by atoms with E-state index in [2.05, 4.69) is 86.4 Å². The Bertz CT molecular complexity index is 871. The second-order valence-corrected chi connectivity index (χ2v) is 9.52. The van der Waals surface area contributed by atoms with Crippen LogP contribution in [0, 0.1) is 17.8 Å². The zero-order valence-corrected chi connectivity index (χ0v) is 20.8. The second-order valence-electron chi connectivity index (χ2n) is 9.52. The van der Waals surface area contributed by atoms with Gasteiger partial charge in [-0.3, -0.25) is 0 Å². The van der Waals surface area contributed by atoms with E-state index in [4.69, 9.17) is 4.74 Å². The van der Waals surface area contributed by atoms with Gasteiger partial charge in [-0.25, -0.2) is 0 Å². The fourth-order valence-electron chi connectivity index (χ4n) is 4.67. The summed E-state index contributed by atoms with van der Waals surface area (Å²) in [5.41, 5.74) is 4.01. The Morgan fingerprint density at radius 2 is 1.52 bits per heavy atom. The maximum atomic E-state index is 5.86. The molecule has 33 heavy (non-hydrogen) atoms. The van der Waals surface area contributed by atoms with Crippen molar-refractivity contribution in [1.29, 1.82) is 0 Å². The Hall–Kier alpha value is -2.46. The molecule has 0 radical (unpaired) electrons. The monoisotopic (exact) mass is 442 g/mol. The summed E-state index contributed by atoms with van der Waals surface area (Å²) in [5.74, 6) is 8.90. The molecule has 1 aliphatic carbocycles. The summed E-state index contributed by atoms with van der Waals surface area (Å²) < 4.78 is 5.86. The summed E-state index contributed by atoms with van der Waals surface area (Å²) >= 11 is 0. The molecule has 2 aromatic rings. The van der Waals surface area contributed by atoms with Crippen molar-refractivity contribution in [2.75, 3.05) is 6.61 Å². The van der Waals surface area contributed by atoms with Gasteiger partial charge in [0, 0.05) is 5.56 Å². The predicted octanol–water partition coefficient (Wildman–Crippen LogP) is 8.87. The van der Waals surface area contributed by atoms with Crippen molar-refractivity contribution in [3.63, 3.8) is 0 Å². The number of allylic oxidation sites excluding steroid dienone is 2. The molecule has 2 aromatic carbocycles. The number of rotatable bonds is 11. The topological polar surface area (TPSA) is 9.23 Å². The zero-order chi connectivity index (χ0) is 23.1. The lowest BCUT2D eigenvalue weighted by Crippen LogP contribution is -2.11. The van der Waals surface area contributed by atoms with Crippen LogP contribution in [0.15, 0.2) is 60.7 Å². The van der Waals surface area contributed by atoms with Gasteiger partial charge in [-0.05, 0) is 98.2 Å². The predicted molar refractivity (Wildman–Crippen MR) is 142 cm³/mol. The number of aryl methyl sites for hydroxylation is 1. The lowest BCUT2D eigenvalue weighted by Gasteiger charge is -2.27. The summed E-state index contributed by atoms with van der Waals surface area (Å²) in [6, 6.07) is 17.6. The van der Waals surface area contributed by atoms with Gasteiger partial charge in [0.25, 0.3) is 0 Å². The maximum absolute atomic E-state index is 5.86. The van der Waals surface area contributed by atoms with Gasteiger partial charge in [0.1, 0.15) is 5.75 Å². The van der Waals surface area contributed by atoms with Crippen LogP contribution in [0.2, 0.25) is 0 Å². The van der Waals surface area contributed by atoms with Crippen molar-refractivity contribution >= 4 is 0 Å². The number of benzene rings is 2. The molecule has 0 aromatic heterocycles. The Morgan fingerprint density at radius 1 is 0.818 bits per heavy atom. The van der Waals surface area contributed by atoms with Crippen molar-refractivity contribution in [1.82, 2.24) is 0 Å². The molecule has 0 unspecified atom stereocenters. The van der Waals surface area contributed by atoms with Crippen LogP contribution >= 0.6 is 0 Å². The smallest absolute Gasteiger partial charge is 0.119 e. The number of ether oxygens (including phenoxy) is 1. The van der Waals surface area contributed by atoms with Gasteiger partial charge in [0.05, 0.1) is 6.61 Å². The highest BCUT2D eigenvalue weighted by atomic mass is 16.5. The Labute approximate surface area is 202 Å². The molecule has 3 rings (SSSR count). The molecular formula is C32H42O. The molecule has 0 spiro atoms. The van der Waals surface area contributed by atoms with Crippen LogP contribution in [-0.4, -0.2) is 6.61 Å². The summed E-state index contributed by atoms with van der Waals surface area (Å²) in [6.45, 7) is 5.31. The van der Waals surface area contributed by atoms with Crippen LogP contribution in [0.3, 0.4) is 0 Å². The van der Waals surface area contributed by atoms with Crippen LogP contribution in [0.4, 0.5) is 0 Å². The van der Waals surface area contributed by atoms with E-state index in [1.807, 2.05) is 0 Å². The molecule has 0 bridgehead atoms. The minimum atomic E-state index is 0.665. The van der Waals surface area contributed by atoms with Crippen LogP contribution in [0.1, 0.15) is 101 Å². The van der Waals surface area contributed by atoms with E-state index in [1.54, 1.807) is 0 Å². The molecule has 0 saturated heterocycles. The molecule has 0 aliphatic heterocycles. The minimum Gasteiger partial charge on any atom is -0.494 e. The Balaban J connectivity index is 1.39. The summed E-state index contributed by atoms with van der Waals surface area (Å²) in [4.78, 5) is 0. The van der Waals surface area contributed by atoms with Crippen LogP contribution in [0.25, 0.3) is 0 Å². The van der Waals surface area contributed by atoms with Crippen molar-refractivity contribution in [2.24, 2.45) is 5.92 Å². The maximum Gasteiger partial charge on any atom is 0.119 e. The van der Waals surface area contributed by atoms with Gasteiger partial charge in [0.2, 0.25) is 0 Å². The van der Waals surface area contributed by atoms with Gasteiger partial charge >= 0.3 is 0 Å². The first-order chi connectivity index (χ1) is 16.3. The first-order valence-corrected chi connectivity index (χ1v) is 13.3. The molecular weight excluding hydrogens is 400 g/mol. The SMILES string of the molecule is CCCCCOc1ccc([C@H]2CC[C@H](/C=C/C#Cc3ccc(CCCCC)cc3)CC2)cc1. The highest BCUT2D eigenvalue weighted by Crippen LogP contribution is 2.36.